The van der Waals surface area contributed by atoms with E-state index < -0.39 is 0 Å². The van der Waals surface area contributed by atoms with Crippen molar-refractivity contribution in [3.63, 3.8) is 0 Å². The van der Waals surface area contributed by atoms with E-state index in [1.807, 2.05) is 6.07 Å². The molecule has 2 aliphatic rings. The molecule has 1 aliphatic heterocycles. The molecule has 0 amide bonds. The minimum absolute atomic E-state index is 0.674. The number of nitrogens with zero attached hydrogens (tertiary/aromatic N) is 2. The minimum Gasteiger partial charge on any atom is -0.384 e. The highest BCUT2D eigenvalue weighted by Gasteiger charge is 2.35. The van der Waals surface area contributed by atoms with Gasteiger partial charge in [0.25, 0.3) is 0 Å². The fourth-order valence-electron chi connectivity index (χ4n) is 3.69. The van der Waals surface area contributed by atoms with Gasteiger partial charge in [-0.25, -0.2) is 4.98 Å². The molecule has 18 heavy (non-hydrogen) atoms. The van der Waals surface area contributed by atoms with E-state index in [9.17, 15) is 0 Å². The van der Waals surface area contributed by atoms with Crippen molar-refractivity contribution >= 4 is 5.82 Å². The zero-order chi connectivity index (χ0) is 12.5. The van der Waals surface area contributed by atoms with Crippen molar-refractivity contribution in [1.82, 2.24) is 9.88 Å². The molecule has 0 bridgehead atoms. The molecule has 2 heterocycles. The highest BCUT2D eigenvalue weighted by molar-refractivity contribution is 5.36. The van der Waals surface area contributed by atoms with Crippen molar-refractivity contribution in [3.8, 4) is 0 Å². The van der Waals surface area contributed by atoms with Gasteiger partial charge in [0.1, 0.15) is 5.82 Å². The van der Waals surface area contributed by atoms with Gasteiger partial charge in [-0.05, 0) is 62.7 Å². The van der Waals surface area contributed by atoms with E-state index in [4.69, 9.17) is 5.73 Å². The van der Waals surface area contributed by atoms with Crippen LogP contribution in [0.1, 0.15) is 37.4 Å². The summed E-state index contributed by atoms with van der Waals surface area (Å²) in [5.41, 5.74) is 8.49. The quantitative estimate of drug-likeness (QED) is 0.869. The number of hydrogen-bond acceptors (Lipinski definition) is 3. The van der Waals surface area contributed by atoms with Crippen molar-refractivity contribution in [2.45, 2.75) is 45.1 Å². The summed E-state index contributed by atoms with van der Waals surface area (Å²) in [4.78, 5) is 7.24. The van der Waals surface area contributed by atoms with E-state index in [-0.39, 0.29) is 0 Å². The third-order valence-electron chi connectivity index (χ3n) is 4.52. The van der Waals surface area contributed by atoms with Crippen molar-refractivity contribution in [3.05, 3.63) is 23.4 Å². The smallest absolute Gasteiger partial charge is 0.123 e. The molecule has 0 radical (unpaired) electrons. The molecule has 1 fully saturated rings. The molecular formula is C15H23N3. The summed E-state index contributed by atoms with van der Waals surface area (Å²) < 4.78 is 0. The van der Waals surface area contributed by atoms with Crippen molar-refractivity contribution in [1.29, 1.82) is 0 Å². The van der Waals surface area contributed by atoms with Crippen LogP contribution in [0, 0.1) is 5.92 Å². The number of aromatic nitrogens is 1. The molecule has 0 saturated carbocycles. The first-order chi connectivity index (χ1) is 8.78. The van der Waals surface area contributed by atoms with Crippen LogP contribution in [0.3, 0.4) is 0 Å². The Morgan fingerprint density at radius 3 is 3.11 bits per heavy atom. The van der Waals surface area contributed by atoms with E-state index in [1.54, 1.807) is 0 Å². The zero-order valence-electron chi connectivity index (χ0n) is 11.2. The highest BCUT2D eigenvalue weighted by Crippen LogP contribution is 2.34. The summed E-state index contributed by atoms with van der Waals surface area (Å²) >= 11 is 0. The largest absolute Gasteiger partial charge is 0.384 e. The van der Waals surface area contributed by atoms with Crippen LogP contribution in [0.4, 0.5) is 5.82 Å². The first-order valence-corrected chi connectivity index (χ1v) is 7.26. The molecule has 98 valence electrons. The average molecular weight is 245 g/mol. The van der Waals surface area contributed by atoms with Gasteiger partial charge in [-0.3, -0.25) is 4.90 Å². The van der Waals surface area contributed by atoms with Crippen LogP contribution in [0.2, 0.25) is 0 Å². The van der Waals surface area contributed by atoms with Gasteiger partial charge in [0, 0.05) is 11.7 Å². The molecule has 0 unspecified atom stereocenters. The number of anilines is 1. The van der Waals surface area contributed by atoms with Gasteiger partial charge in [-0.2, -0.15) is 0 Å². The van der Waals surface area contributed by atoms with Gasteiger partial charge in [0.15, 0.2) is 0 Å². The number of hydrogen-bond donors (Lipinski definition) is 1. The van der Waals surface area contributed by atoms with E-state index >= 15 is 0 Å². The molecule has 1 aliphatic carbocycles. The lowest BCUT2D eigenvalue weighted by molar-refractivity contribution is 0.0846. The fourth-order valence-corrected chi connectivity index (χ4v) is 3.69. The molecule has 3 heteroatoms. The van der Waals surface area contributed by atoms with E-state index in [0.29, 0.717) is 5.82 Å². The molecule has 2 atom stereocenters. The van der Waals surface area contributed by atoms with Crippen molar-refractivity contribution in [2.24, 2.45) is 5.92 Å². The molecule has 3 rings (SSSR count). The van der Waals surface area contributed by atoms with E-state index in [2.05, 4.69) is 22.9 Å². The van der Waals surface area contributed by atoms with E-state index in [1.165, 1.54) is 50.0 Å². The Morgan fingerprint density at radius 1 is 1.39 bits per heavy atom. The van der Waals surface area contributed by atoms with Gasteiger partial charge < -0.3 is 5.73 Å². The molecule has 1 aromatic rings. The molecular weight excluding hydrogens is 222 g/mol. The third-order valence-corrected chi connectivity index (χ3v) is 4.52. The van der Waals surface area contributed by atoms with Crippen LogP contribution in [-0.2, 0) is 12.8 Å². The second-order valence-electron chi connectivity index (χ2n) is 5.76. The number of rotatable bonds is 2. The average Bonchev–Trinajstić information content (AvgIpc) is 2.37. The van der Waals surface area contributed by atoms with Crippen LogP contribution in [0.5, 0.6) is 0 Å². The Hall–Kier alpha value is -1.09. The second kappa shape index (κ2) is 4.88. The van der Waals surface area contributed by atoms with Crippen molar-refractivity contribution in [2.75, 3.05) is 18.8 Å². The van der Waals surface area contributed by atoms with Crippen molar-refractivity contribution < 1.29 is 0 Å². The standard InChI is InChI=1S/C15H23N3/c1-2-7-18-8-3-4-12-9-13-11(10-14(12)18)5-6-15(16)17-13/h5-6,12,14H,2-4,7-10H2,1H3,(H2,16,17)/t12-,14-/m0/s1. The maximum Gasteiger partial charge on any atom is 0.123 e. The SMILES string of the molecule is CCCN1CCC[C@H]2Cc3nc(N)ccc3C[C@@H]21. The Morgan fingerprint density at radius 2 is 2.28 bits per heavy atom. The fraction of sp³-hybridized carbons (Fsp3) is 0.667. The lowest BCUT2D eigenvalue weighted by atomic mass is 9.77. The second-order valence-corrected chi connectivity index (χ2v) is 5.76. The summed E-state index contributed by atoms with van der Waals surface area (Å²) in [6.45, 7) is 4.81. The summed E-state index contributed by atoms with van der Waals surface area (Å²) in [5, 5.41) is 0. The summed E-state index contributed by atoms with van der Waals surface area (Å²) in [6.07, 6.45) is 6.27. The molecule has 2 N–H and O–H groups in total. The predicted molar refractivity (Wildman–Crippen MR) is 74.4 cm³/mol. The number of pyridine rings is 1. The Balaban J connectivity index is 1.85. The summed E-state index contributed by atoms with van der Waals surface area (Å²) in [7, 11) is 0. The number of likely N-dealkylation sites (tertiary alicyclic amines) is 1. The molecule has 1 aromatic heterocycles. The Kier molecular flexibility index (Phi) is 3.25. The minimum atomic E-state index is 0.674. The third kappa shape index (κ3) is 2.12. The molecule has 0 aromatic carbocycles. The van der Waals surface area contributed by atoms with Crippen LogP contribution in [0.15, 0.2) is 12.1 Å². The topological polar surface area (TPSA) is 42.2 Å². The first-order valence-electron chi connectivity index (χ1n) is 7.26. The molecule has 3 nitrogen and oxygen atoms in total. The monoisotopic (exact) mass is 245 g/mol. The summed E-state index contributed by atoms with van der Waals surface area (Å²) in [5.74, 6) is 1.47. The Bertz CT molecular complexity index is 428. The number of fused-ring (bicyclic) bond motifs is 2. The maximum absolute atomic E-state index is 5.80. The van der Waals surface area contributed by atoms with Crippen LogP contribution >= 0.6 is 0 Å². The number of nitrogen functional groups attached to an aromatic ring is 1. The van der Waals surface area contributed by atoms with Gasteiger partial charge in [0.05, 0.1) is 0 Å². The van der Waals surface area contributed by atoms with Crippen LogP contribution in [-0.4, -0.2) is 29.0 Å². The maximum atomic E-state index is 5.80. The van der Waals surface area contributed by atoms with Gasteiger partial charge in [-0.1, -0.05) is 13.0 Å². The number of piperidine rings is 1. The van der Waals surface area contributed by atoms with Gasteiger partial charge in [0.2, 0.25) is 0 Å². The van der Waals surface area contributed by atoms with Gasteiger partial charge >= 0.3 is 0 Å². The lowest BCUT2D eigenvalue weighted by Gasteiger charge is -2.44. The van der Waals surface area contributed by atoms with Crippen LogP contribution < -0.4 is 5.73 Å². The first kappa shape index (κ1) is 12.0. The Labute approximate surface area is 109 Å². The molecule has 0 spiro atoms. The van der Waals surface area contributed by atoms with Gasteiger partial charge in [-0.15, -0.1) is 0 Å². The highest BCUT2D eigenvalue weighted by atomic mass is 15.2. The molecule has 1 saturated heterocycles. The van der Waals surface area contributed by atoms with E-state index in [0.717, 1.165) is 18.4 Å². The summed E-state index contributed by atoms with van der Waals surface area (Å²) in [6, 6.07) is 4.88. The predicted octanol–water partition coefficient (Wildman–Crippen LogP) is 2.25. The normalized spacial score (nSPS) is 27.6. The van der Waals surface area contributed by atoms with Crippen LogP contribution in [0.25, 0.3) is 0 Å². The number of nitrogens with two attached hydrogens (primary N) is 1. The lowest BCUT2D eigenvalue weighted by Crippen LogP contribution is -2.49. The zero-order valence-corrected chi connectivity index (χ0v) is 11.2.